The summed E-state index contributed by atoms with van der Waals surface area (Å²) in [4.78, 5) is 0. The molecule has 0 aliphatic heterocycles. The van der Waals surface area contributed by atoms with Gasteiger partial charge in [-0.05, 0) is 19.3 Å². The van der Waals surface area contributed by atoms with E-state index in [0.717, 1.165) is 25.1 Å². The number of nitrogens with zero attached hydrogens (tertiary/aromatic N) is 3. The molecule has 2 unspecified atom stereocenters. The van der Waals surface area contributed by atoms with Gasteiger partial charge in [-0.15, -0.1) is 0 Å². The van der Waals surface area contributed by atoms with Crippen molar-refractivity contribution in [1.29, 1.82) is 0 Å². The molecule has 0 N–H and O–H groups in total. The van der Waals surface area contributed by atoms with Crippen LogP contribution < -0.4 is 0 Å². The van der Waals surface area contributed by atoms with Gasteiger partial charge in [-0.3, -0.25) is 0 Å². The summed E-state index contributed by atoms with van der Waals surface area (Å²) in [7, 11) is 8.77. The van der Waals surface area contributed by atoms with E-state index in [1.54, 1.807) is 47.0 Å². The Bertz CT molecular complexity index is 132. The van der Waals surface area contributed by atoms with Gasteiger partial charge in [-0.25, -0.2) is 4.39 Å². The molecule has 0 heterocycles. The van der Waals surface area contributed by atoms with E-state index >= 15 is 0 Å². The Hall–Kier alpha value is 1.03. The van der Waals surface area contributed by atoms with Crippen molar-refractivity contribution in [2.24, 2.45) is 0 Å². The molecule has 3 nitrogen and oxygen atoms in total. The quantitative estimate of drug-likeness (QED) is 0.474. The van der Waals surface area contributed by atoms with Gasteiger partial charge in [0.2, 0.25) is 0 Å². The number of alkyl halides is 1. The molecule has 1 fully saturated rings. The summed E-state index contributed by atoms with van der Waals surface area (Å²) in [6.45, 7) is 0. The van der Waals surface area contributed by atoms with Crippen molar-refractivity contribution in [3.63, 3.8) is 0 Å². The second kappa shape index (κ2) is 23.1. The molecule has 6 heteroatoms. The van der Waals surface area contributed by atoms with Crippen LogP contribution in [-0.4, -0.2) is 52.5 Å². The molecule has 18 heavy (non-hydrogen) atoms. The Morgan fingerprint density at radius 3 is 1.78 bits per heavy atom. The second-order valence-corrected chi connectivity index (χ2v) is 4.69. The van der Waals surface area contributed by atoms with Gasteiger partial charge in [-0.2, -0.15) is 47.0 Å². The first kappa shape index (κ1) is 27.4. The van der Waals surface area contributed by atoms with Gasteiger partial charge in [0.05, 0.1) is 0 Å². The molecule has 0 spiro atoms. The minimum absolute atomic E-state index is 0. The number of hydrogen-bond donors (Lipinski definition) is 0. The Morgan fingerprint density at radius 1 is 1.06 bits per heavy atom. The van der Waals surface area contributed by atoms with Gasteiger partial charge in [0.25, 0.3) is 0 Å². The number of halogens is 1. The van der Waals surface area contributed by atoms with Crippen molar-refractivity contribution in [2.45, 2.75) is 30.7 Å². The Morgan fingerprint density at radius 2 is 1.50 bits per heavy atom. The number of rotatable bonds is 3. The predicted molar refractivity (Wildman–Crippen MR) is 81.1 cm³/mol. The second-order valence-electron chi connectivity index (χ2n) is 3.49. The van der Waals surface area contributed by atoms with Crippen molar-refractivity contribution in [2.75, 3.05) is 41.1 Å². The van der Waals surface area contributed by atoms with E-state index in [9.17, 15) is 4.39 Å². The fourth-order valence-electron chi connectivity index (χ4n) is 1.24. The zero-order valence-electron chi connectivity index (χ0n) is 12.6. The van der Waals surface area contributed by atoms with Gasteiger partial charge in [0.15, 0.2) is 0 Å². The van der Waals surface area contributed by atoms with E-state index in [4.69, 9.17) is 0 Å². The maximum Gasteiger partial charge on any atom is 4.00 e. The summed E-state index contributed by atoms with van der Waals surface area (Å²) in [5, 5.41) is 11.2. The molecule has 1 saturated carbocycles. The molecule has 0 bridgehead atoms. The standard InChI is InChI=1S/C7H13FNS.2C2H6N.CH3.Hf/c1-9-5-10-7-4-2-3-6(7)8;2*1-3-2;;/h6-7H,2-5H2,1H3;2*1-2H3;1H3;/q4*-1;+4. The van der Waals surface area contributed by atoms with Gasteiger partial charge in [-0.1, -0.05) is 5.88 Å². The van der Waals surface area contributed by atoms with Crippen LogP contribution in [-0.2, 0) is 25.8 Å². The van der Waals surface area contributed by atoms with Crippen LogP contribution in [0.4, 0.5) is 4.39 Å². The fraction of sp³-hybridized carbons (Fsp3) is 0.917. The number of hydrogen-bond acceptors (Lipinski definition) is 1. The van der Waals surface area contributed by atoms with Crippen molar-refractivity contribution in [1.82, 2.24) is 0 Å². The minimum Gasteiger partial charge on any atom is -0.668 e. The van der Waals surface area contributed by atoms with Crippen LogP contribution in [0.25, 0.3) is 16.0 Å². The van der Waals surface area contributed by atoms with Crippen molar-refractivity contribution in [3.8, 4) is 0 Å². The third-order valence-corrected chi connectivity index (χ3v) is 3.16. The molecule has 0 aromatic carbocycles. The van der Waals surface area contributed by atoms with Crippen LogP contribution in [0.1, 0.15) is 19.3 Å². The maximum absolute atomic E-state index is 12.8. The summed E-state index contributed by atoms with van der Waals surface area (Å²) >= 11 is 1.65. The van der Waals surface area contributed by atoms with Gasteiger partial charge < -0.3 is 23.4 Å². The van der Waals surface area contributed by atoms with E-state index in [-0.39, 0.29) is 38.5 Å². The summed E-state index contributed by atoms with van der Waals surface area (Å²) in [6, 6.07) is 0. The largest absolute Gasteiger partial charge is 4.00 e. The average Bonchev–Trinajstić information content (AvgIpc) is 2.63. The first-order valence-corrected chi connectivity index (χ1v) is 6.49. The van der Waals surface area contributed by atoms with Gasteiger partial charge in [0.1, 0.15) is 6.17 Å². The summed E-state index contributed by atoms with van der Waals surface area (Å²) in [5.74, 6) is 0.755. The molecular weight excluding hydrogens is 416 g/mol. The molecule has 2 atom stereocenters. The van der Waals surface area contributed by atoms with Crippen LogP contribution in [0, 0.1) is 7.43 Å². The summed E-state index contributed by atoms with van der Waals surface area (Å²) < 4.78 is 12.8. The van der Waals surface area contributed by atoms with Crippen molar-refractivity contribution < 1.29 is 30.2 Å². The molecule has 0 saturated heterocycles. The normalized spacial score (nSPS) is 20.3. The third kappa shape index (κ3) is 19.4. The van der Waals surface area contributed by atoms with Gasteiger partial charge >= 0.3 is 25.8 Å². The number of thioether (sulfide) groups is 1. The van der Waals surface area contributed by atoms with E-state index in [0.29, 0.717) is 0 Å². The maximum atomic E-state index is 12.8. The smallest absolute Gasteiger partial charge is 0.668 e. The molecule has 1 rings (SSSR count). The van der Waals surface area contributed by atoms with Gasteiger partial charge in [0, 0.05) is 5.25 Å². The van der Waals surface area contributed by atoms with Crippen molar-refractivity contribution in [3.05, 3.63) is 23.4 Å². The first-order valence-electron chi connectivity index (χ1n) is 5.44. The molecule has 1 aliphatic carbocycles. The molecule has 108 valence electrons. The van der Waals surface area contributed by atoms with E-state index in [1.165, 1.54) is 0 Å². The SMILES string of the molecule is C[N-]C.C[N-]C.C[N-]CSC1CCCC1F.[CH3-].[Hf+4]. The minimum atomic E-state index is -0.563. The molecule has 0 radical (unpaired) electrons. The zero-order valence-corrected chi connectivity index (χ0v) is 17.0. The van der Waals surface area contributed by atoms with E-state index < -0.39 is 6.17 Å². The monoisotopic (exact) mass is 445 g/mol. The fourth-order valence-corrected chi connectivity index (χ4v) is 2.26. The molecule has 0 aromatic rings. The third-order valence-electron chi connectivity index (χ3n) is 1.79. The van der Waals surface area contributed by atoms with Crippen LogP contribution in [0.2, 0.25) is 0 Å². The molecule has 0 amide bonds. The van der Waals surface area contributed by atoms with Crippen LogP contribution in [0.3, 0.4) is 0 Å². The Labute approximate surface area is 137 Å². The van der Waals surface area contributed by atoms with Crippen LogP contribution in [0.15, 0.2) is 0 Å². The average molecular weight is 444 g/mol. The van der Waals surface area contributed by atoms with E-state index in [2.05, 4.69) is 16.0 Å². The Balaban J connectivity index is -0.000000106. The van der Waals surface area contributed by atoms with Crippen LogP contribution in [0.5, 0.6) is 0 Å². The van der Waals surface area contributed by atoms with E-state index in [1.807, 2.05) is 0 Å². The van der Waals surface area contributed by atoms with Crippen LogP contribution >= 0.6 is 11.8 Å². The molecule has 1 aliphatic rings. The molecule has 0 aromatic heterocycles. The topological polar surface area (TPSA) is 42.3 Å². The summed E-state index contributed by atoms with van der Waals surface area (Å²) in [5.41, 5.74) is 0. The predicted octanol–water partition coefficient (Wildman–Crippen LogP) is 4.26. The first-order chi connectivity index (χ1) is 7.67. The zero-order chi connectivity index (χ0) is 12.8. The van der Waals surface area contributed by atoms with Crippen molar-refractivity contribution >= 4 is 11.8 Å². The summed E-state index contributed by atoms with van der Waals surface area (Å²) in [6.07, 6.45) is 2.30. The molecular formula is C12H28FHfN3S. The Kier molecular flexibility index (Phi) is 35.2.